The zero-order valence-electron chi connectivity index (χ0n) is 9.01. The van der Waals surface area contributed by atoms with Gasteiger partial charge < -0.3 is 5.73 Å². The number of rotatable bonds is 2. The van der Waals surface area contributed by atoms with Gasteiger partial charge in [0.2, 0.25) is 0 Å². The zero-order chi connectivity index (χ0) is 10.8. The van der Waals surface area contributed by atoms with Crippen molar-refractivity contribution in [2.75, 3.05) is 5.73 Å². The maximum Gasteiger partial charge on any atom is 0.145 e. The highest BCUT2D eigenvalue weighted by atomic mass is 15.3. The molecule has 0 atom stereocenters. The number of benzene rings is 1. The molecule has 1 heterocycles. The van der Waals surface area contributed by atoms with E-state index < -0.39 is 0 Å². The lowest BCUT2D eigenvalue weighted by molar-refractivity contribution is 0.855. The van der Waals surface area contributed by atoms with Crippen molar-refractivity contribution in [2.24, 2.45) is 0 Å². The van der Waals surface area contributed by atoms with Gasteiger partial charge in [-0.05, 0) is 23.6 Å². The van der Waals surface area contributed by atoms with Gasteiger partial charge in [0.1, 0.15) is 5.82 Å². The zero-order valence-corrected chi connectivity index (χ0v) is 9.01. The normalized spacial score (nSPS) is 10.9. The predicted molar refractivity (Wildman–Crippen MR) is 62.1 cm³/mol. The summed E-state index contributed by atoms with van der Waals surface area (Å²) in [6, 6.07) is 10.1. The van der Waals surface area contributed by atoms with Crippen LogP contribution >= 0.6 is 0 Å². The van der Waals surface area contributed by atoms with Crippen LogP contribution in [0.1, 0.15) is 25.3 Å². The highest BCUT2D eigenvalue weighted by Gasteiger charge is 2.01. The van der Waals surface area contributed by atoms with Gasteiger partial charge in [0, 0.05) is 12.3 Å². The fraction of sp³-hybridized carbons (Fsp3) is 0.250. The second-order valence-corrected chi connectivity index (χ2v) is 3.93. The molecule has 3 nitrogen and oxygen atoms in total. The predicted octanol–water partition coefficient (Wildman–Crippen LogP) is 2.58. The lowest BCUT2D eigenvalue weighted by atomic mass is 10.0. The summed E-state index contributed by atoms with van der Waals surface area (Å²) in [4.78, 5) is 0. The van der Waals surface area contributed by atoms with Crippen LogP contribution in [0.2, 0.25) is 0 Å². The second-order valence-electron chi connectivity index (χ2n) is 3.93. The van der Waals surface area contributed by atoms with E-state index in [0.717, 1.165) is 5.69 Å². The minimum atomic E-state index is 0.544. The molecule has 0 amide bonds. The molecule has 0 radical (unpaired) electrons. The van der Waals surface area contributed by atoms with Crippen LogP contribution in [0.3, 0.4) is 0 Å². The van der Waals surface area contributed by atoms with Gasteiger partial charge in [-0.15, -0.1) is 0 Å². The summed E-state index contributed by atoms with van der Waals surface area (Å²) in [5, 5.41) is 4.15. The molecular formula is C12H15N3. The average molecular weight is 201 g/mol. The van der Waals surface area contributed by atoms with E-state index in [-0.39, 0.29) is 0 Å². The summed E-state index contributed by atoms with van der Waals surface area (Å²) in [5.74, 6) is 1.10. The number of hydrogen-bond donors (Lipinski definition) is 1. The summed E-state index contributed by atoms with van der Waals surface area (Å²) in [5.41, 5.74) is 7.93. The van der Waals surface area contributed by atoms with Crippen LogP contribution in [0.4, 0.5) is 5.82 Å². The van der Waals surface area contributed by atoms with Crippen molar-refractivity contribution in [3.05, 3.63) is 42.1 Å². The highest BCUT2D eigenvalue weighted by molar-refractivity contribution is 5.37. The van der Waals surface area contributed by atoms with Crippen molar-refractivity contribution >= 4 is 5.82 Å². The molecule has 1 aromatic heterocycles. The quantitative estimate of drug-likeness (QED) is 0.811. The van der Waals surface area contributed by atoms with Gasteiger partial charge >= 0.3 is 0 Å². The number of anilines is 1. The molecule has 0 saturated carbocycles. The summed E-state index contributed by atoms with van der Waals surface area (Å²) in [6.07, 6.45) is 1.86. The minimum Gasteiger partial charge on any atom is -0.382 e. The number of nitrogens with two attached hydrogens (primary N) is 1. The van der Waals surface area contributed by atoms with E-state index in [9.17, 15) is 0 Å². The first-order valence-electron chi connectivity index (χ1n) is 5.08. The van der Waals surface area contributed by atoms with E-state index >= 15 is 0 Å². The fourth-order valence-corrected chi connectivity index (χ4v) is 1.49. The molecule has 1 aromatic carbocycles. The average Bonchev–Trinajstić information content (AvgIpc) is 2.65. The van der Waals surface area contributed by atoms with Gasteiger partial charge in [-0.1, -0.05) is 26.0 Å². The Balaban J connectivity index is 2.31. The third-order valence-corrected chi connectivity index (χ3v) is 2.43. The topological polar surface area (TPSA) is 43.8 Å². The lowest BCUT2D eigenvalue weighted by Gasteiger charge is -2.06. The van der Waals surface area contributed by atoms with Crippen LogP contribution in [-0.4, -0.2) is 9.78 Å². The molecule has 0 unspecified atom stereocenters. The van der Waals surface area contributed by atoms with Gasteiger partial charge in [-0.2, -0.15) is 5.10 Å². The van der Waals surface area contributed by atoms with Gasteiger partial charge in [-0.3, -0.25) is 0 Å². The Morgan fingerprint density at radius 2 is 1.80 bits per heavy atom. The number of nitrogen functional groups attached to an aromatic ring is 1. The number of nitrogens with zero attached hydrogens (tertiary/aromatic N) is 2. The molecular weight excluding hydrogens is 186 g/mol. The first kappa shape index (κ1) is 9.77. The molecule has 0 aliphatic heterocycles. The maximum atomic E-state index is 5.56. The third-order valence-electron chi connectivity index (χ3n) is 2.43. The Hall–Kier alpha value is -1.77. The molecule has 2 N–H and O–H groups in total. The van der Waals surface area contributed by atoms with Gasteiger partial charge in [-0.25, -0.2) is 4.68 Å². The first-order valence-corrected chi connectivity index (χ1v) is 5.08. The van der Waals surface area contributed by atoms with E-state index in [1.807, 2.05) is 6.20 Å². The van der Waals surface area contributed by atoms with Crippen molar-refractivity contribution in [3.63, 3.8) is 0 Å². The maximum absolute atomic E-state index is 5.56. The largest absolute Gasteiger partial charge is 0.382 e. The summed E-state index contributed by atoms with van der Waals surface area (Å²) >= 11 is 0. The SMILES string of the molecule is CC(C)c1ccc(-n2ccc(N)n2)cc1. The second kappa shape index (κ2) is 3.77. The Labute approximate surface area is 89.5 Å². The molecule has 0 spiro atoms. The lowest BCUT2D eigenvalue weighted by Crippen LogP contribution is -1.96. The molecule has 3 heteroatoms. The minimum absolute atomic E-state index is 0.544. The van der Waals surface area contributed by atoms with E-state index in [1.54, 1.807) is 10.7 Å². The molecule has 78 valence electrons. The smallest absolute Gasteiger partial charge is 0.145 e. The van der Waals surface area contributed by atoms with Crippen LogP contribution in [0.5, 0.6) is 0 Å². The fourth-order valence-electron chi connectivity index (χ4n) is 1.49. The third kappa shape index (κ3) is 2.01. The van der Waals surface area contributed by atoms with Crippen LogP contribution in [-0.2, 0) is 0 Å². The number of hydrogen-bond acceptors (Lipinski definition) is 2. The molecule has 0 aliphatic rings. The monoisotopic (exact) mass is 201 g/mol. The molecule has 15 heavy (non-hydrogen) atoms. The van der Waals surface area contributed by atoms with E-state index in [2.05, 4.69) is 43.2 Å². The first-order chi connectivity index (χ1) is 7.16. The van der Waals surface area contributed by atoms with Crippen LogP contribution < -0.4 is 5.73 Å². The van der Waals surface area contributed by atoms with Crippen molar-refractivity contribution in [2.45, 2.75) is 19.8 Å². The van der Waals surface area contributed by atoms with Crippen LogP contribution in [0, 0.1) is 0 Å². The Morgan fingerprint density at radius 3 is 2.27 bits per heavy atom. The summed E-state index contributed by atoms with van der Waals surface area (Å²) in [6.45, 7) is 4.36. The summed E-state index contributed by atoms with van der Waals surface area (Å²) < 4.78 is 1.78. The molecule has 2 rings (SSSR count). The molecule has 0 bridgehead atoms. The van der Waals surface area contributed by atoms with Crippen LogP contribution in [0.15, 0.2) is 36.5 Å². The molecule has 2 aromatic rings. The van der Waals surface area contributed by atoms with E-state index in [0.29, 0.717) is 11.7 Å². The van der Waals surface area contributed by atoms with Crippen molar-refractivity contribution < 1.29 is 0 Å². The Kier molecular flexibility index (Phi) is 2.46. The molecule has 0 aliphatic carbocycles. The van der Waals surface area contributed by atoms with Crippen molar-refractivity contribution in [3.8, 4) is 5.69 Å². The van der Waals surface area contributed by atoms with Crippen LogP contribution in [0.25, 0.3) is 5.69 Å². The van der Waals surface area contributed by atoms with E-state index in [4.69, 9.17) is 5.73 Å². The number of aromatic nitrogens is 2. The van der Waals surface area contributed by atoms with Gasteiger partial charge in [0.25, 0.3) is 0 Å². The summed E-state index contributed by atoms with van der Waals surface area (Å²) in [7, 11) is 0. The van der Waals surface area contributed by atoms with Crippen molar-refractivity contribution in [1.29, 1.82) is 0 Å². The Bertz CT molecular complexity index is 440. The van der Waals surface area contributed by atoms with Gasteiger partial charge in [0.15, 0.2) is 0 Å². The van der Waals surface area contributed by atoms with Gasteiger partial charge in [0.05, 0.1) is 5.69 Å². The van der Waals surface area contributed by atoms with E-state index in [1.165, 1.54) is 5.56 Å². The highest BCUT2D eigenvalue weighted by Crippen LogP contribution is 2.16. The molecule has 0 saturated heterocycles. The van der Waals surface area contributed by atoms with Crippen molar-refractivity contribution in [1.82, 2.24) is 9.78 Å². The Morgan fingerprint density at radius 1 is 1.13 bits per heavy atom. The standard InChI is InChI=1S/C12H15N3/c1-9(2)10-3-5-11(6-4-10)15-8-7-12(13)14-15/h3-9H,1-2H3,(H2,13,14). The molecule has 0 fully saturated rings.